The first-order chi connectivity index (χ1) is 6.45. The fourth-order valence-electron chi connectivity index (χ4n) is 1.83. The minimum Gasteiger partial charge on any atom is -0.490 e. The van der Waals surface area contributed by atoms with Crippen molar-refractivity contribution in [1.82, 2.24) is 0 Å². The Morgan fingerprint density at radius 3 is 2.77 bits per heavy atom. The van der Waals surface area contributed by atoms with Crippen molar-refractivity contribution in [3.63, 3.8) is 0 Å². The summed E-state index contributed by atoms with van der Waals surface area (Å²) in [6, 6.07) is 10.8. The van der Waals surface area contributed by atoms with E-state index in [0.29, 0.717) is 6.10 Å². The third kappa shape index (κ3) is 2.48. The van der Waals surface area contributed by atoms with Crippen LogP contribution in [-0.2, 0) is 0 Å². The van der Waals surface area contributed by atoms with Gasteiger partial charge in [-0.05, 0) is 43.9 Å². The highest BCUT2D eigenvalue weighted by molar-refractivity contribution is 5.20. The quantitative estimate of drug-likeness (QED) is 0.670. The highest BCUT2D eigenvalue weighted by Crippen LogP contribution is 2.22. The molecule has 1 saturated carbocycles. The molecule has 1 aromatic rings. The molecule has 1 aliphatic carbocycles. The molecule has 0 aliphatic heterocycles. The first-order valence-corrected chi connectivity index (χ1v) is 5.08. The highest BCUT2D eigenvalue weighted by atomic mass is 16.5. The monoisotopic (exact) mass is 175 g/mol. The third-order valence-corrected chi connectivity index (χ3v) is 2.53. The van der Waals surface area contributed by atoms with Gasteiger partial charge in [-0.1, -0.05) is 18.6 Å². The van der Waals surface area contributed by atoms with Crippen LogP contribution in [-0.4, -0.2) is 6.10 Å². The van der Waals surface area contributed by atoms with E-state index < -0.39 is 0 Å². The largest absolute Gasteiger partial charge is 0.490 e. The second-order valence-electron chi connectivity index (χ2n) is 3.62. The Kier molecular flexibility index (Phi) is 2.86. The van der Waals surface area contributed by atoms with Gasteiger partial charge in [-0.25, -0.2) is 0 Å². The third-order valence-electron chi connectivity index (χ3n) is 2.53. The maximum atomic E-state index is 5.82. The van der Waals surface area contributed by atoms with Crippen LogP contribution in [0.15, 0.2) is 24.3 Å². The number of ether oxygens (including phenoxy) is 1. The Bertz CT molecular complexity index is 237. The summed E-state index contributed by atoms with van der Waals surface area (Å²) < 4.78 is 5.82. The maximum absolute atomic E-state index is 5.82. The molecule has 0 spiro atoms. The van der Waals surface area contributed by atoms with Crippen molar-refractivity contribution < 1.29 is 4.74 Å². The first kappa shape index (κ1) is 8.61. The van der Waals surface area contributed by atoms with Gasteiger partial charge in [-0.3, -0.25) is 0 Å². The summed E-state index contributed by atoms with van der Waals surface area (Å²) >= 11 is 0. The molecule has 0 bridgehead atoms. The lowest BCUT2D eigenvalue weighted by atomic mass is 9.98. The molecule has 0 aromatic heterocycles. The van der Waals surface area contributed by atoms with Crippen LogP contribution >= 0.6 is 0 Å². The van der Waals surface area contributed by atoms with E-state index in [9.17, 15) is 0 Å². The second-order valence-corrected chi connectivity index (χ2v) is 3.62. The van der Waals surface area contributed by atoms with E-state index in [1.54, 1.807) is 0 Å². The number of hydrogen-bond acceptors (Lipinski definition) is 1. The van der Waals surface area contributed by atoms with Crippen LogP contribution in [0.2, 0.25) is 0 Å². The van der Waals surface area contributed by atoms with Crippen molar-refractivity contribution in [2.24, 2.45) is 0 Å². The molecular weight excluding hydrogens is 160 g/mol. The molecule has 0 heterocycles. The second kappa shape index (κ2) is 4.31. The summed E-state index contributed by atoms with van der Waals surface area (Å²) in [4.78, 5) is 0. The SMILES string of the molecule is [c]1cccc(OC2CCCCC2)c1. The predicted molar refractivity (Wildman–Crippen MR) is 52.8 cm³/mol. The van der Waals surface area contributed by atoms with Gasteiger partial charge in [-0.2, -0.15) is 0 Å². The summed E-state index contributed by atoms with van der Waals surface area (Å²) in [5.41, 5.74) is 0. The Morgan fingerprint density at radius 1 is 1.23 bits per heavy atom. The zero-order valence-corrected chi connectivity index (χ0v) is 7.83. The van der Waals surface area contributed by atoms with Gasteiger partial charge in [0, 0.05) is 0 Å². The van der Waals surface area contributed by atoms with Crippen molar-refractivity contribution in [1.29, 1.82) is 0 Å². The summed E-state index contributed by atoms with van der Waals surface area (Å²) in [6.45, 7) is 0. The fourth-order valence-corrected chi connectivity index (χ4v) is 1.83. The van der Waals surface area contributed by atoms with Crippen LogP contribution in [0.3, 0.4) is 0 Å². The van der Waals surface area contributed by atoms with Crippen molar-refractivity contribution in [3.8, 4) is 5.75 Å². The van der Waals surface area contributed by atoms with Crippen LogP contribution < -0.4 is 4.74 Å². The van der Waals surface area contributed by atoms with Crippen molar-refractivity contribution in [2.75, 3.05) is 0 Å². The van der Waals surface area contributed by atoms with Gasteiger partial charge in [0.05, 0.1) is 6.10 Å². The normalized spacial score (nSPS) is 18.5. The minimum atomic E-state index is 0.449. The molecule has 1 fully saturated rings. The summed E-state index contributed by atoms with van der Waals surface area (Å²) in [7, 11) is 0. The van der Waals surface area contributed by atoms with Gasteiger partial charge < -0.3 is 4.74 Å². The maximum Gasteiger partial charge on any atom is 0.120 e. The van der Waals surface area contributed by atoms with Crippen LogP contribution in [0, 0.1) is 6.07 Å². The molecule has 2 rings (SSSR count). The molecule has 0 amide bonds. The van der Waals surface area contributed by atoms with Gasteiger partial charge in [0.25, 0.3) is 0 Å². The number of hydrogen-bond donors (Lipinski definition) is 0. The van der Waals surface area contributed by atoms with Gasteiger partial charge in [0.1, 0.15) is 5.75 Å². The van der Waals surface area contributed by atoms with Gasteiger partial charge in [0.2, 0.25) is 0 Å². The van der Waals surface area contributed by atoms with Crippen LogP contribution in [0.25, 0.3) is 0 Å². The van der Waals surface area contributed by atoms with Gasteiger partial charge in [-0.15, -0.1) is 0 Å². The Hall–Kier alpha value is -0.980. The summed E-state index contributed by atoms with van der Waals surface area (Å²) in [5, 5.41) is 0. The van der Waals surface area contributed by atoms with Crippen LogP contribution in [0.1, 0.15) is 32.1 Å². The molecule has 69 valence electrons. The van der Waals surface area contributed by atoms with Gasteiger partial charge in [0.15, 0.2) is 0 Å². The lowest BCUT2D eigenvalue weighted by Gasteiger charge is -2.22. The average Bonchev–Trinajstić information content (AvgIpc) is 2.21. The molecule has 0 atom stereocenters. The molecule has 0 saturated heterocycles. The van der Waals surface area contributed by atoms with E-state index in [4.69, 9.17) is 4.74 Å². The van der Waals surface area contributed by atoms with Crippen LogP contribution in [0.4, 0.5) is 0 Å². The van der Waals surface area contributed by atoms with E-state index in [1.807, 2.05) is 24.3 Å². The van der Waals surface area contributed by atoms with Crippen molar-refractivity contribution >= 4 is 0 Å². The Morgan fingerprint density at radius 2 is 2.08 bits per heavy atom. The summed E-state index contributed by atoms with van der Waals surface area (Å²) in [5.74, 6) is 0.967. The molecule has 0 N–H and O–H groups in total. The molecule has 0 unspecified atom stereocenters. The zero-order valence-electron chi connectivity index (χ0n) is 7.83. The minimum absolute atomic E-state index is 0.449. The van der Waals surface area contributed by atoms with E-state index in [2.05, 4.69) is 6.07 Å². The van der Waals surface area contributed by atoms with E-state index in [0.717, 1.165) is 5.75 Å². The standard InChI is InChI=1S/C12H15O/c1-3-7-11(8-4-1)13-12-9-5-2-6-10-12/h1,3,7-8,12H,2,5-6,9-10H2. The predicted octanol–water partition coefficient (Wildman–Crippen LogP) is 3.20. The van der Waals surface area contributed by atoms with Gasteiger partial charge >= 0.3 is 0 Å². The van der Waals surface area contributed by atoms with E-state index in [1.165, 1.54) is 32.1 Å². The average molecular weight is 175 g/mol. The fraction of sp³-hybridized carbons (Fsp3) is 0.500. The molecule has 1 aliphatic rings. The molecule has 1 aromatic carbocycles. The van der Waals surface area contributed by atoms with Crippen molar-refractivity contribution in [2.45, 2.75) is 38.2 Å². The molecule has 1 nitrogen and oxygen atoms in total. The van der Waals surface area contributed by atoms with E-state index >= 15 is 0 Å². The number of benzene rings is 1. The lowest BCUT2D eigenvalue weighted by Crippen LogP contribution is -2.19. The smallest absolute Gasteiger partial charge is 0.120 e. The molecule has 1 radical (unpaired) electrons. The molecule has 1 heteroatoms. The van der Waals surface area contributed by atoms with Crippen LogP contribution in [0.5, 0.6) is 5.75 Å². The zero-order chi connectivity index (χ0) is 8.93. The lowest BCUT2D eigenvalue weighted by molar-refractivity contribution is 0.155. The van der Waals surface area contributed by atoms with Crippen molar-refractivity contribution in [3.05, 3.63) is 30.3 Å². The first-order valence-electron chi connectivity index (χ1n) is 5.08. The number of rotatable bonds is 2. The summed E-state index contributed by atoms with van der Waals surface area (Å²) in [6.07, 6.45) is 6.90. The topological polar surface area (TPSA) is 9.23 Å². The molecule has 13 heavy (non-hydrogen) atoms. The highest BCUT2D eigenvalue weighted by Gasteiger charge is 2.14. The van der Waals surface area contributed by atoms with E-state index in [-0.39, 0.29) is 0 Å². The Balaban J connectivity index is 1.90. The molecular formula is C12H15O. The Labute approximate surface area is 79.7 Å².